The van der Waals surface area contributed by atoms with Crippen LogP contribution >= 0.6 is 11.6 Å². The van der Waals surface area contributed by atoms with Gasteiger partial charge in [-0.2, -0.15) is 0 Å². The van der Waals surface area contributed by atoms with Gasteiger partial charge < -0.3 is 9.30 Å². The zero-order chi connectivity index (χ0) is 23.7. The van der Waals surface area contributed by atoms with E-state index >= 15 is 0 Å². The number of nitrogens with zero attached hydrogens (tertiary/aromatic N) is 3. The van der Waals surface area contributed by atoms with Crippen molar-refractivity contribution >= 4 is 40.5 Å². The number of carbonyl (C=O) groups excluding carboxylic acids is 2. The zero-order valence-electron chi connectivity index (χ0n) is 18.7. The molecule has 0 N–H and O–H groups in total. The van der Waals surface area contributed by atoms with Crippen LogP contribution in [0.4, 0.5) is 5.95 Å². The molecular weight excluding hydrogens is 450 g/mol. The molecule has 0 radical (unpaired) electrons. The van der Waals surface area contributed by atoms with Crippen LogP contribution < -0.4 is 4.90 Å². The summed E-state index contributed by atoms with van der Waals surface area (Å²) < 4.78 is 7.38. The van der Waals surface area contributed by atoms with Crippen LogP contribution in [0.25, 0.3) is 11.0 Å². The molecule has 2 atom stereocenters. The van der Waals surface area contributed by atoms with Crippen LogP contribution in [0.5, 0.6) is 0 Å². The second-order valence-electron chi connectivity index (χ2n) is 8.23. The van der Waals surface area contributed by atoms with E-state index in [1.54, 1.807) is 24.0 Å². The predicted octanol–water partition coefficient (Wildman–Crippen LogP) is 5.05. The fourth-order valence-electron chi connectivity index (χ4n) is 4.64. The average Bonchev–Trinajstić information content (AvgIpc) is 3.22. The standard InChI is InChI=1S/C27H24ClN3O3/c1-2-34-26(33)23-24(19-11-8-12-20(28)17-19)31-22-14-7-6-13-21(22)29-27(31)30(25(23)32)16-15-18-9-4-3-5-10-18/h3-14,17,23-24H,2,15-16H2,1H3/t23-,24+/m1/s1. The van der Waals surface area contributed by atoms with Crippen LogP contribution in [0.15, 0.2) is 78.9 Å². The van der Waals surface area contributed by atoms with E-state index < -0.39 is 17.9 Å². The molecule has 1 aromatic heterocycles. The Balaban J connectivity index is 1.69. The SMILES string of the molecule is CCOC(=O)[C@H]1C(=O)N(CCc2ccccc2)c2nc3ccccc3n2[C@H]1c1cccc(Cl)c1. The molecule has 0 aliphatic carbocycles. The predicted molar refractivity (Wildman–Crippen MR) is 132 cm³/mol. The second-order valence-corrected chi connectivity index (χ2v) is 8.66. The van der Waals surface area contributed by atoms with Crippen molar-refractivity contribution < 1.29 is 14.3 Å². The van der Waals surface area contributed by atoms with Crippen LogP contribution in [0, 0.1) is 5.92 Å². The first-order valence-electron chi connectivity index (χ1n) is 11.3. The molecule has 4 aromatic rings. The number of anilines is 1. The van der Waals surface area contributed by atoms with Crippen molar-refractivity contribution in [1.29, 1.82) is 0 Å². The monoisotopic (exact) mass is 473 g/mol. The Morgan fingerprint density at radius 2 is 1.79 bits per heavy atom. The number of carbonyl (C=O) groups is 2. The summed E-state index contributed by atoms with van der Waals surface area (Å²) in [4.78, 5) is 33.6. The number of hydrogen-bond donors (Lipinski definition) is 0. The molecule has 1 amide bonds. The van der Waals surface area contributed by atoms with Gasteiger partial charge in [0.2, 0.25) is 11.9 Å². The van der Waals surface area contributed by atoms with E-state index in [1.807, 2.05) is 71.3 Å². The van der Waals surface area contributed by atoms with Gasteiger partial charge in [0, 0.05) is 11.6 Å². The Hall–Kier alpha value is -3.64. The van der Waals surface area contributed by atoms with Crippen molar-refractivity contribution in [3.8, 4) is 0 Å². The molecule has 1 aliphatic rings. The lowest BCUT2D eigenvalue weighted by Gasteiger charge is -2.38. The molecule has 7 heteroatoms. The summed E-state index contributed by atoms with van der Waals surface area (Å²) >= 11 is 6.32. The number of fused-ring (bicyclic) bond motifs is 3. The Bertz CT molecular complexity index is 1350. The van der Waals surface area contributed by atoms with Gasteiger partial charge in [-0.15, -0.1) is 0 Å². The van der Waals surface area contributed by atoms with Crippen LogP contribution in [0.2, 0.25) is 5.02 Å². The van der Waals surface area contributed by atoms with Crippen LogP contribution in [0.3, 0.4) is 0 Å². The summed E-state index contributed by atoms with van der Waals surface area (Å²) in [5, 5.41) is 0.532. The van der Waals surface area contributed by atoms with Crippen molar-refractivity contribution in [3.05, 3.63) is 95.0 Å². The molecule has 0 saturated heterocycles. The summed E-state index contributed by atoms with van der Waals surface area (Å²) in [7, 11) is 0. The van der Waals surface area contributed by atoms with Crippen LogP contribution in [0.1, 0.15) is 24.1 Å². The molecule has 0 unspecified atom stereocenters. The first-order valence-corrected chi connectivity index (χ1v) is 11.7. The molecule has 1 aliphatic heterocycles. The number of benzene rings is 3. The number of halogens is 1. The maximum Gasteiger partial charge on any atom is 0.321 e. The number of imidazole rings is 1. The van der Waals surface area contributed by atoms with Gasteiger partial charge in [0.05, 0.1) is 23.7 Å². The average molecular weight is 474 g/mol. The normalized spacial score (nSPS) is 17.6. The van der Waals surface area contributed by atoms with E-state index in [2.05, 4.69) is 0 Å². The van der Waals surface area contributed by atoms with E-state index in [1.165, 1.54) is 0 Å². The van der Waals surface area contributed by atoms with Gasteiger partial charge in [-0.1, -0.05) is 66.2 Å². The second kappa shape index (κ2) is 9.31. The topological polar surface area (TPSA) is 64.4 Å². The summed E-state index contributed by atoms with van der Waals surface area (Å²) in [5.41, 5.74) is 3.45. The molecule has 2 heterocycles. The van der Waals surface area contributed by atoms with E-state index in [4.69, 9.17) is 21.3 Å². The first kappa shape index (κ1) is 22.2. The number of esters is 1. The first-order chi connectivity index (χ1) is 16.6. The summed E-state index contributed by atoms with van der Waals surface area (Å²) in [6.45, 7) is 2.32. The van der Waals surface area contributed by atoms with Gasteiger partial charge in [0.1, 0.15) is 0 Å². The number of ether oxygens (including phenoxy) is 1. The maximum atomic E-state index is 13.9. The largest absolute Gasteiger partial charge is 0.465 e. The lowest BCUT2D eigenvalue weighted by molar-refractivity contribution is -0.153. The van der Waals surface area contributed by atoms with Gasteiger partial charge in [-0.25, -0.2) is 4.98 Å². The third-order valence-corrected chi connectivity index (χ3v) is 6.38. The highest BCUT2D eigenvalue weighted by Gasteiger charge is 2.47. The Labute approximate surface area is 202 Å². The fourth-order valence-corrected chi connectivity index (χ4v) is 4.84. The lowest BCUT2D eigenvalue weighted by atomic mass is 9.89. The molecule has 172 valence electrons. The smallest absolute Gasteiger partial charge is 0.321 e. The number of rotatable bonds is 6. The maximum absolute atomic E-state index is 13.9. The van der Waals surface area contributed by atoms with Gasteiger partial charge >= 0.3 is 5.97 Å². The minimum absolute atomic E-state index is 0.187. The molecule has 3 aromatic carbocycles. The summed E-state index contributed by atoms with van der Waals surface area (Å²) in [5.74, 6) is -1.40. The quantitative estimate of drug-likeness (QED) is 0.290. The summed E-state index contributed by atoms with van der Waals surface area (Å²) in [6.07, 6.45) is 0.632. The van der Waals surface area contributed by atoms with Gasteiger partial charge in [-0.05, 0) is 48.7 Å². The summed E-state index contributed by atoms with van der Waals surface area (Å²) in [6, 6.07) is 24.3. The molecule has 0 spiro atoms. The van der Waals surface area contributed by atoms with Crippen molar-refractivity contribution in [1.82, 2.24) is 9.55 Å². The highest BCUT2D eigenvalue weighted by atomic mass is 35.5. The van der Waals surface area contributed by atoms with Crippen molar-refractivity contribution in [3.63, 3.8) is 0 Å². The van der Waals surface area contributed by atoms with Crippen molar-refractivity contribution in [2.24, 2.45) is 5.92 Å². The minimum atomic E-state index is -1.06. The molecular formula is C27H24ClN3O3. The van der Waals surface area contributed by atoms with E-state index in [-0.39, 0.29) is 12.5 Å². The highest BCUT2D eigenvalue weighted by Crippen LogP contribution is 2.41. The number of hydrogen-bond acceptors (Lipinski definition) is 4. The molecule has 0 saturated carbocycles. The van der Waals surface area contributed by atoms with Crippen LogP contribution in [-0.2, 0) is 20.7 Å². The van der Waals surface area contributed by atoms with Crippen LogP contribution in [-0.4, -0.2) is 34.6 Å². The number of para-hydroxylation sites is 2. The van der Waals surface area contributed by atoms with Gasteiger partial charge in [0.25, 0.3) is 0 Å². The molecule has 5 rings (SSSR count). The Kier molecular flexibility index (Phi) is 6.07. The lowest BCUT2D eigenvalue weighted by Crippen LogP contribution is -2.50. The number of aromatic nitrogens is 2. The highest BCUT2D eigenvalue weighted by molar-refractivity contribution is 6.30. The van der Waals surface area contributed by atoms with E-state index in [0.29, 0.717) is 23.9 Å². The van der Waals surface area contributed by atoms with E-state index in [0.717, 1.165) is 22.2 Å². The van der Waals surface area contributed by atoms with Gasteiger partial charge in [0.15, 0.2) is 5.92 Å². The zero-order valence-corrected chi connectivity index (χ0v) is 19.5. The number of amides is 1. The molecule has 6 nitrogen and oxygen atoms in total. The molecule has 0 bridgehead atoms. The minimum Gasteiger partial charge on any atom is -0.465 e. The van der Waals surface area contributed by atoms with Crippen molar-refractivity contribution in [2.45, 2.75) is 19.4 Å². The Morgan fingerprint density at radius 3 is 2.56 bits per heavy atom. The van der Waals surface area contributed by atoms with E-state index in [9.17, 15) is 9.59 Å². The third-order valence-electron chi connectivity index (χ3n) is 6.14. The van der Waals surface area contributed by atoms with Crippen molar-refractivity contribution in [2.75, 3.05) is 18.1 Å². The molecule has 34 heavy (non-hydrogen) atoms. The van der Waals surface area contributed by atoms with Gasteiger partial charge in [-0.3, -0.25) is 14.5 Å². The third kappa shape index (κ3) is 3.94. The molecule has 0 fully saturated rings. The Morgan fingerprint density at radius 1 is 1.03 bits per heavy atom. The fraction of sp³-hybridized carbons (Fsp3) is 0.222.